The SMILES string of the molecule is CNC(=O)c1cc(OC2CCC(CO)CC2)ccn1. The fourth-order valence-corrected chi connectivity index (χ4v) is 2.36. The zero-order chi connectivity index (χ0) is 13.7. The lowest BCUT2D eigenvalue weighted by atomic mass is 9.88. The molecule has 0 radical (unpaired) electrons. The zero-order valence-electron chi connectivity index (χ0n) is 11.1. The maximum Gasteiger partial charge on any atom is 0.269 e. The third kappa shape index (κ3) is 3.67. The van der Waals surface area contributed by atoms with E-state index in [4.69, 9.17) is 9.84 Å². The normalized spacial score (nSPS) is 22.8. The first kappa shape index (κ1) is 13.8. The van der Waals surface area contributed by atoms with Gasteiger partial charge in [-0.2, -0.15) is 0 Å². The van der Waals surface area contributed by atoms with Gasteiger partial charge < -0.3 is 15.2 Å². The summed E-state index contributed by atoms with van der Waals surface area (Å²) in [5.74, 6) is 0.884. The number of aliphatic hydroxyl groups excluding tert-OH is 1. The van der Waals surface area contributed by atoms with Gasteiger partial charge in [0.2, 0.25) is 0 Å². The minimum absolute atomic E-state index is 0.169. The van der Waals surface area contributed by atoms with Crippen LogP contribution in [-0.4, -0.2) is 35.8 Å². The molecule has 1 aliphatic rings. The number of nitrogens with one attached hydrogen (secondary N) is 1. The van der Waals surface area contributed by atoms with Crippen molar-refractivity contribution in [2.45, 2.75) is 31.8 Å². The zero-order valence-corrected chi connectivity index (χ0v) is 11.1. The van der Waals surface area contributed by atoms with E-state index in [1.165, 1.54) is 0 Å². The smallest absolute Gasteiger partial charge is 0.269 e. The standard InChI is InChI=1S/C14H20N2O3/c1-15-14(18)13-8-12(6-7-16-13)19-11-4-2-10(9-17)3-5-11/h6-8,10-11,17H,2-5,9H2,1H3,(H,15,18). The van der Waals surface area contributed by atoms with Crippen LogP contribution in [0.2, 0.25) is 0 Å². The van der Waals surface area contributed by atoms with E-state index in [2.05, 4.69) is 10.3 Å². The highest BCUT2D eigenvalue weighted by atomic mass is 16.5. The van der Waals surface area contributed by atoms with Crippen molar-refractivity contribution in [3.05, 3.63) is 24.0 Å². The summed E-state index contributed by atoms with van der Waals surface area (Å²) in [4.78, 5) is 15.5. The van der Waals surface area contributed by atoms with Crippen molar-refractivity contribution < 1.29 is 14.6 Å². The molecule has 2 rings (SSSR count). The van der Waals surface area contributed by atoms with Gasteiger partial charge in [0, 0.05) is 25.9 Å². The molecule has 0 aliphatic heterocycles. The van der Waals surface area contributed by atoms with Crippen LogP contribution in [0.5, 0.6) is 5.75 Å². The second-order valence-corrected chi connectivity index (χ2v) is 4.90. The average molecular weight is 264 g/mol. The minimum Gasteiger partial charge on any atom is -0.490 e. The van der Waals surface area contributed by atoms with E-state index in [0.717, 1.165) is 25.7 Å². The molecule has 0 saturated heterocycles. The lowest BCUT2D eigenvalue weighted by Crippen LogP contribution is -2.26. The summed E-state index contributed by atoms with van der Waals surface area (Å²) in [7, 11) is 1.58. The van der Waals surface area contributed by atoms with E-state index in [-0.39, 0.29) is 18.6 Å². The molecule has 1 aliphatic carbocycles. The molecular weight excluding hydrogens is 244 g/mol. The van der Waals surface area contributed by atoms with E-state index in [1.807, 2.05) is 0 Å². The highest BCUT2D eigenvalue weighted by Crippen LogP contribution is 2.27. The quantitative estimate of drug-likeness (QED) is 0.861. The first-order valence-corrected chi connectivity index (χ1v) is 6.68. The van der Waals surface area contributed by atoms with Gasteiger partial charge in [-0.1, -0.05) is 0 Å². The Morgan fingerprint density at radius 1 is 1.47 bits per heavy atom. The fraction of sp³-hybridized carbons (Fsp3) is 0.571. The number of hydrogen-bond donors (Lipinski definition) is 2. The van der Waals surface area contributed by atoms with Gasteiger partial charge in [-0.15, -0.1) is 0 Å². The number of nitrogens with zero attached hydrogens (tertiary/aromatic N) is 1. The van der Waals surface area contributed by atoms with Crippen LogP contribution in [-0.2, 0) is 0 Å². The van der Waals surface area contributed by atoms with Crippen LogP contribution in [0.15, 0.2) is 18.3 Å². The minimum atomic E-state index is -0.213. The van der Waals surface area contributed by atoms with Gasteiger partial charge in [0.05, 0.1) is 6.10 Å². The molecule has 1 saturated carbocycles. The summed E-state index contributed by atoms with van der Waals surface area (Å²) < 4.78 is 5.88. The van der Waals surface area contributed by atoms with Crippen LogP contribution in [0, 0.1) is 5.92 Å². The van der Waals surface area contributed by atoms with E-state index in [9.17, 15) is 4.79 Å². The third-order valence-corrected chi connectivity index (χ3v) is 3.55. The third-order valence-electron chi connectivity index (χ3n) is 3.55. The molecule has 1 aromatic heterocycles. The maximum atomic E-state index is 11.5. The number of aliphatic hydroxyl groups is 1. The summed E-state index contributed by atoms with van der Waals surface area (Å²) in [6.07, 6.45) is 5.64. The molecule has 2 N–H and O–H groups in total. The number of amides is 1. The first-order chi connectivity index (χ1) is 9.22. The Morgan fingerprint density at radius 3 is 2.84 bits per heavy atom. The number of carbonyl (C=O) groups excluding carboxylic acids is 1. The Hall–Kier alpha value is -1.62. The van der Waals surface area contributed by atoms with Crippen molar-refractivity contribution in [2.24, 2.45) is 5.92 Å². The van der Waals surface area contributed by atoms with Gasteiger partial charge in [0.15, 0.2) is 0 Å². The Kier molecular flexibility index (Phi) is 4.74. The number of aromatic nitrogens is 1. The monoisotopic (exact) mass is 264 g/mol. The number of ether oxygens (including phenoxy) is 1. The molecule has 0 atom stereocenters. The van der Waals surface area contributed by atoms with Crippen molar-refractivity contribution in [2.75, 3.05) is 13.7 Å². The van der Waals surface area contributed by atoms with Crippen LogP contribution in [0.25, 0.3) is 0 Å². The summed E-state index contributed by atoms with van der Waals surface area (Å²) in [5, 5.41) is 11.6. The van der Waals surface area contributed by atoms with Crippen molar-refractivity contribution in [3.63, 3.8) is 0 Å². The average Bonchev–Trinajstić information content (AvgIpc) is 2.47. The molecule has 0 bridgehead atoms. The molecule has 1 fully saturated rings. The second-order valence-electron chi connectivity index (χ2n) is 4.90. The van der Waals surface area contributed by atoms with E-state index >= 15 is 0 Å². The second kappa shape index (κ2) is 6.52. The van der Waals surface area contributed by atoms with E-state index < -0.39 is 0 Å². The molecular formula is C14H20N2O3. The molecule has 0 unspecified atom stereocenters. The number of pyridine rings is 1. The van der Waals surface area contributed by atoms with Gasteiger partial charge in [-0.25, -0.2) is 0 Å². The van der Waals surface area contributed by atoms with Crippen LogP contribution in [0.3, 0.4) is 0 Å². The van der Waals surface area contributed by atoms with Crippen LogP contribution in [0.4, 0.5) is 0 Å². The van der Waals surface area contributed by atoms with Gasteiger partial charge in [-0.3, -0.25) is 9.78 Å². The Bertz CT molecular complexity index is 428. The summed E-state index contributed by atoms with van der Waals surface area (Å²) in [6.45, 7) is 0.267. The Balaban J connectivity index is 1.94. The predicted molar refractivity (Wildman–Crippen MR) is 71.1 cm³/mol. The molecule has 104 valence electrons. The lowest BCUT2D eigenvalue weighted by molar-refractivity contribution is 0.0950. The number of hydrogen-bond acceptors (Lipinski definition) is 4. The van der Waals surface area contributed by atoms with Crippen molar-refractivity contribution in [3.8, 4) is 5.75 Å². The van der Waals surface area contributed by atoms with Crippen LogP contribution < -0.4 is 10.1 Å². The largest absolute Gasteiger partial charge is 0.490 e. The van der Waals surface area contributed by atoms with Gasteiger partial charge in [-0.05, 0) is 37.7 Å². The molecule has 1 amide bonds. The van der Waals surface area contributed by atoms with Gasteiger partial charge >= 0.3 is 0 Å². The summed E-state index contributed by atoms with van der Waals surface area (Å²) in [6, 6.07) is 3.43. The number of rotatable bonds is 4. The molecule has 1 heterocycles. The van der Waals surface area contributed by atoms with E-state index in [0.29, 0.717) is 17.4 Å². The summed E-state index contributed by atoms with van der Waals surface area (Å²) in [5.41, 5.74) is 0.365. The first-order valence-electron chi connectivity index (χ1n) is 6.68. The highest BCUT2D eigenvalue weighted by molar-refractivity contribution is 5.92. The van der Waals surface area contributed by atoms with Crippen molar-refractivity contribution >= 4 is 5.91 Å². The van der Waals surface area contributed by atoms with Crippen molar-refractivity contribution in [1.29, 1.82) is 0 Å². The van der Waals surface area contributed by atoms with Crippen LogP contribution >= 0.6 is 0 Å². The van der Waals surface area contributed by atoms with Gasteiger partial charge in [0.25, 0.3) is 5.91 Å². The van der Waals surface area contributed by atoms with E-state index in [1.54, 1.807) is 25.4 Å². The molecule has 0 aromatic carbocycles. The van der Waals surface area contributed by atoms with Crippen LogP contribution in [0.1, 0.15) is 36.2 Å². The molecule has 1 aromatic rings. The lowest BCUT2D eigenvalue weighted by Gasteiger charge is -2.27. The molecule has 0 spiro atoms. The Morgan fingerprint density at radius 2 is 2.21 bits per heavy atom. The topological polar surface area (TPSA) is 71.5 Å². The number of carbonyl (C=O) groups is 1. The molecule has 5 heteroatoms. The Labute approximate surface area is 113 Å². The fourth-order valence-electron chi connectivity index (χ4n) is 2.36. The predicted octanol–water partition coefficient (Wildman–Crippen LogP) is 1.37. The van der Waals surface area contributed by atoms with Crippen molar-refractivity contribution in [1.82, 2.24) is 10.3 Å². The summed E-state index contributed by atoms with van der Waals surface area (Å²) >= 11 is 0. The molecule has 19 heavy (non-hydrogen) atoms. The van der Waals surface area contributed by atoms with Gasteiger partial charge in [0.1, 0.15) is 11.4 Å². The highest BCUT2D eigenvalue weighted by Gasteiger charge is 2.22. The molecule has 5 nitrogen and oxygen atoms in total. The maximum absolute atomic E-state index is 11.5.